The molecule has 0 nitrogen and oxygen atoms in total. The minimum absolute atomic E-state index is 0. The van der Waals surface area contributed by atoms with Crippen LogP contribution in [0.2, 0.25) is 0 Å². The van der Waals surface area contributed by atoms with Gasteiger partial charge in [0, 0.05) is 0 Å². The summed E-state index contributed by atoms with van der Waals surface area (Å²) in [5, 5.41) is 0. The maximum atomic E-state index is 0. The van der Waals surface area contributed by atoms with Gasteiger partial charge in [-0.3, -0.25) is 0 Å². The quantitative estimate of drug-likeness (QED) is 0.387. The molecule has 0 amide bonds. The van der Waals surface area contributed by atoms with Gasteiger partial charge in [0.1, 0.15) is 0 Å². The Morgan fingerprint density at radius 1 is 0.500 bits per heavy atom. The van der Waals surface area contributed by atoms with Crippen LogP contribution in [-0.2, 0) is 0 Å². The van der Waals surface area contributed by atoms with Crippen LogP contribution in [0, 0.1) is 0 Å². The molecule has 0 aliphatic carbocycles. The van der Waals surface area contributed by atoms with Gasteiger partial charge in [0.05, 0.1) is 0 Å². The van der Waals surface area contributed by atoms with Gasteiger partial charge in [0.25, 0.3) is 0 Å². The van der Waals surface area contributed by atoms with Crippen molar-refractivity contribution < 1.29 is 62.0 Å². The number of halogens is 6. The molecule has 0 aromatic carbocycles. The summed E-state index contributed by atoms with van der Waals surface area (Å²) in [6.45, 7) is 0. The fourth-order valence-corrected chi connectivity index (χ4v) is 0. The summed E-state index contributed by atoms with van der Waals surface area (Å²) < 4.78 is 0. The first-order valence-electron chi connectivity index (χ1n) is 0. The van der Waals surface area contributed by atoms with Gasteiger partial charge in [0.15, 0.2) is 0 Å². The third-order valence-electron chi connectivity index (χ3n) is 0. The summed E-state index contributed by atoms with van der Waals surface area (Å²) in [4.78, 5) is 0. The van der Waals surface area contributed by atoms with Crippen LogP contribution >= 0.6 is 12.4 Å². The molecule has 0 atom stereocenters. The molecule has 0 aliphatic heterocycles. The molecule has 0 aliphatic rings. The summed E-state index contributed by atoms with van der Waals surface area (Å²) >= 11 is 0. The van der Waals surface area contributed by atoms with Gasteiger partial charge in [-0.2, -0.15) is 0 Å². The zero-order chi connectivity index (χ0) is 0. The van der Waals surface area contributed by atoms with Gasteiger partial charge in [-0.1, -0.05) is 0 Å². The van der Waals surface area contributed by atoms with E-state index in [0.717, 1.165) is 0 Å². The molecule has 0 saturated heterocycles. The molecule has 0 heterocycles. The van der Waals surface area contributed by atoms with Crippen molar-refractivity contribution in [2.45, 2.75) is 0 Å². The van der Waals surface area contributed by atoms with Gasteiger partial charge < -0.3 is 62.0 Å². The predicted octanol–water partition coefficient (Wildman–Crippen LogP) is -15.3. The monoisotopic (exact) mass is 278 g/mol. The molecule has 48 valence electrons. The Hall–Kier alpha value is 3.53. The van der Waals surface area contributed by atoms with Crippen molar-refractivity contribution in [2.24, 2.45) is 0 Å². The molecule has 0 bridgehead atoms. The van der Waals surface area contributed by atoms with Gasteiger partial charge in [-0.15, -0.1) is 12.4 Å². The van der Waals surface area contributed by atoms with E-state index in [9.17, 15) is 0 Å². The molecule has 0 fully saturated rings. The van der Waals surface area contributed by atoms with Gasteiger partial charge in [0.2, 0.25) is 0 Å². The van der Waals surface area contributed by atoms with Crippen molar-refractivity contribution in [3.05, 3.63) is 0 Å². The summed E-state index contributed by atoms with van der Waals surface area (Å²) in [7, 11) is 0. The molecular formula is HAlCaCl6. The van der Waals surface area contributed by atoms with E-state index in [1.54, 1.807) is 0 Å². The van der Waals surface area contributed by atoms with Gasteiger partial charge in [-0.25, -0.2) is 0 Å². The van der Waals surface area contributed by atoms with Gasteiger partial charge >= 0.3 is 55.1 Å². The summed E-state index contributed by atoms with van der Waals surface area (Å²) in [5.74, 6) is 0. The van der Waals surface area contributed by atoms with E-state index in [1.165, 1.54) is 0 Å². The second kappa shape index (κ2) is 76.7. The van der Waals surface area contributed by atoms with Crippen molar-refractivity contribution in [2.75, 3.05) is 0 Å². The molecule has 0 aromatic heterocycles. The molecule has 0 aromatic rings. The van der Waals surface area contributed by atoms with Crippen molar-refractivity contribution in [1.82, 2.24) is 0 Å². The van der Waals surface area contributed by atoms with E-state index < -0.39 is 0 Å². The number of hydrogen-bond acceptors (Lipinski definition) is 0. The molecule has 0 spiro atoms. The van der Waals surface area contributed by atoms with Crippen LogP contribution in [-0.4, -0.2) is 55.1 Å². The van der Waals surface area contributed by atoms with Crippen LogP contribution in [0.15, 0.2) is 0 Å². The van der Waals surface area contributed by atoms with Crippen molar-refractivity contribution in [1.29, 1.82) is 0 Å². The predicted molar refractivity (Wildman–Crippen MR) is 18.8 cm³/mol. The summed E-state index contributed by atoms with van der Waals surface area (Å²) in [5.41, 5.74) is 0. The minimum atomic E-state index is 0. The van der Waals surface area contributed by atoms with Crippen LogP contribution in [0.5, 0.6) is 0 Å². The smallest absolute Gasteiger partial charge is 1.00 e. The molecule has 0 unspecified atom stereocenters. The molecule has 8 heavy (non-hydrogen) atoms. The first-order chi connectivity index (χ1) is 0. The van der Waals surface area contributed by atoms with E-state index in [4.69, 9.17) is 0 Å². The molecule has 0 saturated carbocycles. The average Bonchev–Trinajstić information content (AvgIpc) is 0. The Kier molecular flexibility index (Phi) is 983. The average molecular weight is 281 g/mol. The van der Waals surface area contributed by atoms with Crippen molar-refractivity contribution in [3.8, 4) is 0 Å². The number of hydrogen-bond donors (Lipinski definition) is 0. The maximum Gasteiger partial charge on any atom is 3.00 e. The number of rotatable bonds is 0. The van der Waals surface area contributed by atoms with Crippen LogP contribution < -0.4 is 62.0 Å². The Labute approximate surface area is 127 Å². The molecule has 0 rings (SSSR count). The fourth-order valence-electron chi connectivity index (χ4n) is 0. The van der Waals surface area contributed by atoms with Crippen LogP contribution in [0.1, 0.15) is 0 Å². The van der Waals surface area contributed by atoms with Gasteiger partial charge in [-0.05, 0) is 0 Å². The van der Waals surface area contributed by atoms with E-state index in [0.29, 0.717) is 0 Å². The van der Waals surface area contributed by atoms with Crippen LogP contribution in [0.3, 0.4) is 0 Å². The van der Waals surface area contributed by atoms with Crippen LogP contribution in [0.25, 0.3) is 0 Å². The molecule has 8 heteroatoms. The van der Waals surface area contributed by atoms with Crippen molar-refractivity contribution >= 4 is 67.5 Å². The topological polar surface area (TPSA) is 0 Å². The van der Waals surface area contributed by atoms with Crippen molar-refractivity contribution in [3.63, 3.8) is 0 Å². The second-order valence-electron chi connectivity index (χ2n) is 0. The molecular weight excluding hydrogens is 280 g/mol. The first-order valence-corrected chi connectivity index (χ1v) is 0. The summed E-state index contributed by atoms with van der Waals surface area (Å²) in [6, 6.07) is 0. The zero-order valence-corrected chi connectivity index (χ0v) is 11.5. The van der Waals surface area contributed by atoms with E-state index in [2.05, 4.69) is 0 Å². The first kappa shape index (κ1) is 103. The zero-order valence-electron chi connectivity index (χ0n) is 3.58. The summed E-state index contributed by atoms with van der Waals surface area (Å²) in [6.07, 6.45) is 0. The standard InChI is InChI=1S/Al.Ca.6ClH/h;;6*1H/q+3;+2;;;;;;/p-5. The van der Waals surface area contributed by atoms with E-state index >= 15 is 0 Å². The normalized spacial score (nSPS) is 0. The third kappa shape index (κ3) is 55.6. The molecule has 0 N–H and O–H groups in total. The Balaban J connectivity index is 0. The third-order valence-corrected chi connectivity index (χ3v) is 0. The largest absolute Gasteiger partial charge is 3.00 e. The van der Waals surface area contributed by atoms with E-state index in [1.807, 2.05) is 0 Å². The minimum Gasteiger partial charge on any atom is -1.00 e. The maximum absolute atomic E-state index is 0. The SMILES string of the molecule is Cl.[Al+3].[Ca+2].[Cl-].[Cl-].[Cl-].[Cl-].[Cl-]. The molecule has 0 radical (unpaired) electrons. The Bertz CT molecular complexity index is 8.49. The Morgan fingerprint density at radius 3 is 0.500 bits per heavy atom. The fraction of sp³-hybridized carbons (Fsp3) is 0. The van der Waals surface area contributed by atoms with E-state index in [-0.39, 0.29) is 130 Å². The Morgan fingerprint density at radius 2 is 0.500 bits per heavy atom. The second-order valence-corrected chi connectivity index (χ2v) is 0. The van der Waals surface area contributed by atoms with Crippen LogP contribution in [0.4, 0.5) is 0 Å².